The van der Waals surface area contributed by atoms with Gasteiger partial charge in [0, 0.05) is 16.5 Å². The number of anilines is 1. The molecular formula is C21H25N3O4S. The van der Waals surface area contributed by atoms with Gasteiger partial charge in [-0.15, -0.1) is 11.3 Å². The van der Waals surface area contributed by atoms with E-state index in [-0.39, 0.29) is 5.91 Å². The van der Waals surface area contributed by atoms with E-state index in [1.165, 1.54) is 0 Å². The first-order valence-corrected chi connectivity index (χ1v) is 10.5. The predicted molar refractivity (Wildman–Crippen MR) is 114 cm³/mol. The maximum atomic E-state index is 12.9. The van der Waals surface area contributed by atoms with E-state index >= 15 is 0 Å². The second-order valence-electron chi connectivity index (χ2n) is 6.01. The van der Waals surface area contributed by atoms with Crippen LogP contribution in [0.25, 0.3) is 0 Å². The van der Waals surface area contributed by atoms with Crippen molar-refractivity contribution in [1.29, 1.82) is 0 Å². The largest absolute Gasteiger partial charge is 0.490 e. The number of carbonyl (C=O) groups is 1. The molecule has 0 saturated heterocycles. The maximum absolute atomic E-state index is 12.9. The Morgan fingerprint density at radius 1 is 1.07 bits per heavy atom. The van der Waals surface area contributed by atoms with Crippen LogP contribution in [0.2, 0.25) is 0 Å². The van der Waals surface area contributed by atoms with Crippen molar-refractivity contribution in [2.75, 3.05) is 25.1 Å². The zero-order valence-corrected chi connectivity index (χ0v) is 17.6. The van der Waals surface area contributed by atoms with E-state index in [0.29, 0.717) is 55.0 Å². The Labute approximate surface area is 174 Å². The molecule has 7 nitrogen and oxygen atoms in total. The average molecular weight is 416 g/mol. The van der Waals surface area contributed by atoms with Crippen LogP contribution in [-0.2, 0) is 6.54 Å². The van der Waals surface area contributed by atoms with Crippen molar-refractivity contribution in [2.45, 2.75) is 27.3 Å². The molecule has 0 aliphatic heterocycles. The minimum Gasteiger partial charge on any atom is -0.490 e. The van der Waals surface area contributed by atoms with Gasteiger partial charge in [-0.2, -0.15) is 5.10 Å². The van der Waals surface area contributed by atoms with E-state index in [2.05, 4.69) is 10.4 Å². The van der Waals surface area contributed by atoms with Crippen molar-refractivity contribution in [1.82, 2.24) is 9.78 Å². The minimum absolute atomic E-state index is 0.275. The SMILES string of the molecule is CCOc1cc(C(=O)Nc2ccnn2Cc2cccs2)cc(OCC)c1OCC. The molecule has 0 unspecified atom stereocenters. The van der Waals surface area contributed by atoms with Gasteiger partial charge in [-0.25, -0.2) is 4.68 Å². The van der Waals surface area contributed by atoms with Crippen LogP contribution in [0.3, 0.4) is 0 Å². The monoisotopic (exact) mass is 415 g/mol. The van der Waals surface area contributed by atoms with Gasteiger partial charge in [-0.1, -0.05) is 6.07 Å². The summed E-state index contributed by atoms with van der Waals surface area (Å²) in [5.74, 6) is 1.82. The van der Waals surface area contributed by atoms with Crippen LogP contribution < -0.4 is 19.5 Å². The topological polar surface area (TPSA) is 74.6 Å². The number of hydrogen-bond donors (Lipinski definition) is 1. The molecule has 3 rings (SSSR count). The zero-order valence-electron chi connectivity index (χ0n) is 16.8. The van der Waals surface area contributed by atoms with Crippen molar-refractivity contribution < 1.29 is 19.0 Å². The van der Waals surface area contributed by atoms with E-state index in [4.69, 9.17) is 14.2 Å². The Bertz CT molecular complexity index is 910. The number of benzene rings is 1. The van der Waals surface area contributed by atoms with Crippen molar-refractivity contribution in [2.24, 2.45) is 0 Å². The maximum Gasteiger partial charge on any atom is 0.257 e. The van der Waals surface area contributed by atoms with E-state index < -0.39 is 0 Å². The van der Waals surface area contributed by atoms with Crippen LogP contribution in [0.15, 0.2) is 41.9 Å². The summed E-state index contributed by atoms with van der Waals surface area (Å²) in [6.45, 7) is 7.61. The van der Waals surface area contributed by atoms with Crippen LogP contribution in [0.5, 0.6) is 17.2 Å². The molecule has 3 aromatic rings. The molecule has 0 aliphatic carbocycles. The standard InChI is InChI=1S/C21H25N3O4S/c1-4-26-17-12-15(13-18(27-5-2)20(17)28-6-3)21(25)23-19-9-10-22-24(19)14-16-8-7-11-29-16/h7-13H,4-6,14H2,1-3H3,(H,23,25). The van der Waals surface area contributed by atoms with Gasteiger partial charge in [0.25, 0.3) is 5.91 Å². The van der Waals surface area contributed by atoms with Crippen molar-refractivity contribution >= 4 is 23.1 Å². The Balaban J connectivity index is 1.86. The average Bonchev–Trinajstić information content (AvgIpc) is 3.37. The van der Waals surface area contributed by atoms with Gasteiger partial charge in [0.1, 0.15) is 5.82 Å². The molecule has 0 spiro atoms. The highest BCUT2D eigenvalue weighted by atomic mass is 32.1. The lowest BCUT2D eigenvalue weighted by Gasteiger charge is -2.17. The second kappa shape index (κ2) is 9.97. The minimum atomic E-state index is -0.275. The van der Waals surface area contributed by atoms with Gasteiger partial charge in [-0.05, 0) is 44.4 Å². The summed E-state index contributed by atoms with van der Waals surface area (Å²) < 4.78 is 18.8. The molecule has 0 aliphatic rings. The fourth-order valence-electron chi connectivity index (χ4n) is 2.82. The van der Waals surface area contributed by atoms with E-state index in [0.717, 1.165) is 4.88 Å². The summed E-state index contributed by atoms with van der Waals surface area (Å²) in [5.41, 5.74) is 0.421. The Morgan fingerprint density at radius 2 is 1.76 bits per heavy atom. The van der Waals surface area contributed by atoms with E-state index in [1.807, 2.05) is 38.3 Å². The summed E-state index contributed by atoms with van der Waals surface area (Å²) in [4.78, 5) is 14.1. The molecule has 154 valence electrons. The van der Waals surface area contributed by atoms with Crippen LogP contribution in [0.4, 0.5) is 5.82 Å². The summed E-state index contributed by atoms with van der Waals surface area (Å²) in [5, 5.41) is 9.25. The molecule has 2 aromatic heterocycles. The third-order valence-electron chi connectivity index (χ3n) is 4.02. The number of rotatable bonds is 10. The number of thiophene rings is 1. The quantitative estimate of drug-likeness (QED) is 0.530. The molecule has 0 fully saturated rings. The van der Waals surface area contributed by atoms with E-state index in [9.17, 15) is 4.79 Å². The molecule has 1 N–H and O–H groups in total. The summed E-state index contributed by atoms with van der Waals surface area (Å²) in [6, 6.07) is 9.14. The number of nitrogens with one attached hydrogen (secondary N) is 1. The number of ether oxygens (including phenoxy) is 3. The Hall–Kier alpha value is -3.00. The predicted octanol–water partition coefficient (Wildman–Crippen LogP) is 4.44. The first-order chi connectivity index (χ1) is 14.2. The number of aromatic nitrogens is 2. The van der Waals surface area contributed by atoms with Crippen LogP contribution >= 0.6 is 11.3 Å². The van der Waals surface area contributed by atoms with Gasteiger partial charge >= 0.3 is 0 Å². The molecule has 0 atom stereocenters. The zero-order chi connectivity index (χ0) is 20.6. The lowest BCUT2D eigenvalue weighted by atomic mass is 10.1. The summed E-state index contributed by atoms with van der Waals surface area (Å²) in [6.07, 6.45) is 1.67. The molecule has 8 heteroatoms. The summed E-state index contributed by atoms with van der Waals surface area (Å²) in [7, 11) is 0. The van der Waals surface area contributed by atoms with Crippen molar-refractivity contribution in [3.63, 3.8) is 0 Å². The van der Waals surface area contributed by atoms with Crippen LogP contribution in [-0.4, -0.2) is 35.5 Å². The second-order valence-corrected chi connectivity index (χ2v) is 7.04. The van der Waals surface area contributed by atoms with Crippen LogP contribution in [0.1, 0.15) is 36.0 Å². The smallest absolute Gasteiger partial charge is 0.257 e. The summed E-state index contributed by atoms with van der Waals surface area (Å²) >= 11 is 1.65. The highest BCUT2D eigenvalue weighted by molar-refractivity contribution is 7.09. The van der Waals surface area contributed by atoms with Gasteiger partial charge in [-0.3, -0.25) is 4.79 Å². The van der Waals surface area contributed by atoms with E-state index in [1.54, 1.807) is 40.4 Å². The Morgan fingerprint density at radius 3 is 2.34 bits per heavy atom. The molecule has 0 radical (unpaired) electrons. The van der Waals surface area contributed by atoms with Gasteiger partial charge in [0.2, 0.25) is 5.75 Å². The highest BCUT2D eigenvalue weighted by Crippen LogP contribution is 2.39. The van der Waals surface area contributed by atoms with Gasteiger partial charge in [0.05, 0.1) is 32.6 Å². The fourth-order valence-corrected chi connectivity index (χ4v) is 3.51. The number of amides is 1. The lowest BCUT2D eigenvalue weighted by molar-refractivity contribution is 0.102. The van der Waals surface area contributed by atoms with Crippen molar-refractivity contribution in [3.8, 4) is 17.2 Å². The van der Waals surface area contributed by atoms with Crippen LogP contribution in [0, 0.1) is 0 Å². The molecular weight excluding hydrogens is 390 g/mol. The number of hydrogen-bond acceptors (Lipinski definition) is 6. The highest BCUT2D eigenvalue weighted by Gasteiger charge is 2.19. The third-order valence-corrected chi connectivity index (χ3v) is 4.88. The molecule has 1 aromatic carbocycles. The third kappa shape index (κ3) is 5.08. The Kier molecular flexibility index (Phi) is 7.13. The number of carbonyl (C=O) groups excluding carboxylic acids is 1. The molecule has 2 heterocycles. The fraction of sp³-hybridized carbons (Fsp3) is 0.333. The lowest BCUT2D eigenvalue weighted by Crippen LogP contribution is -2.16. The normalized spacial score (nSPS) is 10.6. The number of nitrogens with zero attached hydrogens (tertiary/aromatic N) is 2. The molecule has 0 bridgehead atoms. The van der Waals surface area contributed by atoms with Gasteiger partial charge in [0.15, 0.2) is 11.5 Å². The van der Waals surface area contributed by atoms with Gasteiger partial charge < -0.3 is 19.5 Å². The molecule has 29 heavy (non-hydrogen) atoms. The van der Waals surface area contributed by atoms with Crippen molar-refractivity contribution in [3.05, 3.63) is 52.3 Å². The molecule has 0 saturated carbocycles. The first-order valence-electron chi connectivity index (χ1n) is 9.58. The molecule has 1 amide bonds. The first kappa shape index (κ1) is 20.7.